The number of halogens is 1. The predicted molar refractivity (Wildman–Crippen MR) is 66.0 cm³/mol. The van der Waals surface area contributed by atoms with Crippen LogP contribution >= 0.6 is 0 Å². The van der Waals surface area contributed by atoms with Gasteiger partial charge in [0.05, 0.1) is 5.75 Å². The lowest BCUT2D eigenvalue weighted by Gasteiger charge is -2.06. The smallest absolute Gasteiger partial charge is 0.251 e. The zero-order valence-corrected chi connectivity index (χ0v) is 10.6. The van der Waals surface area contributed by atoms with Crippen molar-refractivity contribution in [1.82, 2.24) is 10.0 Å². The van der Waals surface area contributed by atoms with Gasteiger partial charge in [-0.3, -0.25) is 4.79 Å². The van der Waals surface area contributed by atoms with E-state index in [0.29, 0.717) is 0 Å². The molecule has 0 spiro atoms. The largest absolute Gasteiger partial charge is 0.399 e. The van der Waals surface area contributed by atoms with E-state index in [1.165, 1.54) is 13.1 Å². The Morgan fingerprint density at radius 2 is 2.06 bits per heavy atom. The van der Waals surface area contributed by atoms with Crippen LogP contribution in [-0.4, -0.2) is 33.7 Å². The highest BCUT2D eigenvalue weighted by atomic mass is 32.2. The van der Waals surface area contributed by atoms with Gasteiger partial charge in [0.2, 0.25) is 10.0 Å². The minimum Gasteiger partial charge on any atom is -0.399 e. The number of nitrogen functional groups attached to an aromatic ring is 1. The minimum absolute atomic E-state index is 0.0503. The van der Waals surface area contributed by atoms with E-state index < -0.39 is 21.7 Å². The van der Waals surface area contributed by atoms with Crippen molar-refractivity contribution in [1.29, 1.82) is 0 Å². The van der Waals surface area contributed by atoms with Gasteiger partial charge in [0.25, 0.3) is 5.91 Å². The van der Waals surface area contributed by atoms with Crippen LogP contribution in [0.4, 0.5) is 10.1 Å². The van der Waals surface area contributed by atoms with Gasteiger partial charge in [0, 0.05) is 17.8 Å². The van der Waals surface area contributed by atoms with E-state index in [1.807, 2.05) is 0 Å². The van der Waals surface area contributed by atoms with E-state index in [2.05, 4.69) is 10.0 Å². The van der Waals surface area contributed by atoms with Crippen molar-refractivity contribution >= 4 is 21.6 Å². The van der Waals surface area contributed by atoms with Crippen LogP contribution in [0.25, 0.3) is 0 Å². The molecule has 4 N–H and O–H groups in total. The maximum atomic E-state index is 13.0. The third-order valence-corrected chi connectivity index (χ3v) is 3.51. The van der Waals surface area contributed by atoms with Gasteiger partial charge in [-0.15, -0.1) is 0 Å². The summed E-state index contributed by atoms with van der Waals surface area (Å²) in [6, 6.07) is 3.42. The molecule has 18 heavy (non-hydrogen) atoms. The fourth-order valence-electron chi connectivity index (χ4n) is 1.25. The number of hydrogen-bond donors (Lipinski definition) is 3. The summed E-state index contributed by atoms with van der Waals surface area (Å²) >= 11 is 0. The van der Waals surface area contributed by atoms with Crippen LogP contribution in [0.5, 0.6) is 0 Å². The molecule has 0 aliphatic rings. The van der Waals surface area contributed by atoms with Crippen molar-refractivity contribution in [2.45, 2.75) is 0 Å². The predicted octanol–water partition coefficient (Wildman–Crippen LogP) is -0.313. The number of rotatable bonds is 5. The zero-order chi connectivity index (χ0) is 13.8. The first-order chi connectivity index (χ1) is 8.34. The topological polar surface area (TPSA) is 101 Å². The van der Waals surface area contributed by atoms with Crippen LogP contribution in [0.3, 0.4) is 0 Å². The molecule has 100 valence electrons. The fourth-order valence-corrected chi connectivity index (χ4v) is 1.82. The number of nitrogens with one attached hydrogen (secondary N) is 2. The van der Waals surface area contributed by atoms with Crippen LogP contribution in [0, 0.1) is 5.82 Å². The molecule has 1 rings (SSSR count). The Balaban J connectivity index is 2.61. The van der Waals surface area contributed by atoms with Crippen LogP contribution < -0.4 is 15.8 Å². The summed E-state index contributed by atoms with van der Waals surface area (Å²) in [5.41, 5.74) is 5.57. The van der Waals surface area contributed by atoms with Gasteiger partial charge in [-0.1, -0.05) is 0 Å². The van der Waals surface area contributed by atoms with Gasteiger partial charge in [-0.25, -0.2) is 17.5 Å². The second kappa shape index (κ2) is 5.78. The third-order valence-electron chi connectivity index (χ3n) is 2.15. The maximum Gasteiger partial charge on any atom is 0.251 e. The average Bonchev–Trinajstić information content (AvgIpc) is 2.27. The van der Waals surface area contributed by atoms with Gasteiger partial charge in [0.15, 0.2) is 0 Å². The highest BCUT2D eigenvalue weighted by Gasteiger charge is 2.10. The second-order valence-electron chi connectivity index (χ2n) is 3.55. The Kier molecular flexibility index (Phi) is 4.62. The molecule has 0 bridgehead atoms. The zero-order valence-electron chi connectivity index (χ0n) is 9.73. The van der Waals surface area contributed by atoms with E-state index in [1.54, 1.807) is 0 Å². The van der Waals surface area contributed by atoms with Crippen LogP contribution in [0.15, 0.2) is 18.2 Å². The van der Waals surface area contributed by atoms with Gasteiger partial charge < -0.3 is 11.1 Å². The molecule has 0 aliphatic carbocycles. The summed E-state index contributed by atoms with van der Waals surface area (Å²) in [5.74, 6) is -1.45. The quantitative estimate of drug-likeness (QED) is 0.641. The second-order valence-corrected chi connectivity index (χ2v) is 5.60. The number of benzene rings is 1. The number of anilines is 1. The van der Waals surface area contributed by atoms with Gasteiger partial charge >= 0.3 is 0 Å². The number of carbonyl (C=O) groups excluding carboxylic acids is 1. The van der Waals surface area contributed by atoms with Crippen LogP contribution in [0.1, 0.15) is 10.4 Å². The summed E-state index contributed by atoms with van der Waals surface area (Å²) in [4.78, 5) is 11.6. The van der Waals surface area contributed by atoms with E-state index in [0.717, 1.165) is 12.1 Å². The summed E-state index contributed by atoms with van der Waals surface area (Å²) in [6.07, 6.45) is 0. The molecule has 0 atom stereocenters. The molecular weight excluding hydrogens is 261 g/mol. The van der Waals surface area contributed by atoms with Crippen molar-refractivity contribution in [2.75, 3.05) is 25.1 Å². The fraction of sp³-hybridized carbons (Fsp3) is 0.300. The molecule has 0 radical (unpaired) electrons. The number of nitrogens with two attached hydrogens (primary N) is 1. The molecule has 0 saturated heterocycles. The molecule has 0 fully saturated rings. The molecule has 6 nitrogen and oxygen atoms in total. The van der Waals surface area contributed by atoms with Gasteiger partial charge in [-0.05, 0) is 25.2 Å². The minimum atomic E-state index is -3.38. The van der Waals surface area contributed by atoms with Crippen molar-refractivity contribution < 1.29 is 17.6 Å². The van der Waals surface area contributed by atoms with Gasteiger partial charge in [-0.2, -0.15) is 0 Å². The molecule has 1 amide bonds. The summed E-state index contributed by atoms with van der Waals surface area (Å²) < 4.78 is 37.3. The monoisotopic (exact) mass is 275 g/mol. The Bertz CT molecular complexity index is 525. The lowest BCUT2D eigenvalue weighted by atomic mass is 10.2. The molecule has 0 unspecified atom stereocenters. The molecule has 0 heterocycles. The normalized spacial score (nSPS) is 11.2. The van der Waals surface area contributed by atoms with Crippen molar-refractivity contribution in [3.8, 4) is 0 Å². The molecule has 1 aromatic rings. The van der Waals surface area contributed by atoms with Crippen molar-refractivity contribution in [3.63, 3.8) is 0 Å². The first-order valence-corrected chi connectivity index (χ1v) is 6.75. The van der Waals surface area contributed by atoms with Crippen LogP contribution in [0.2, 0.25) is 0 Å². The molecule has 0 aromatic heterocycles. The highest BCUT2D eigenvalue weighted by Crippen LogP contribution is 2.10. The summed E-state index contributed by atoms with van der Waals surface area (Å²) in [7, 11) is -2.10. The molecule has 0 saturated carbocycles. The molecule has 8 heteroatoms. The van der Waals surface area contributed by atoms with E-state index >= 15 is 0 Å². The highest BCUT2D eigenvalue weighted by molar-refractivity contribution is 7.89. The third kappa shape index (κ3) is 4.30. The Hall–Kier alpha value is -1.67. The molecule has 0 aliphatic heterocycles. The summed E-state index contributed by atoms with van der Waals surface area (Å²) in [5, 5.41) is 2.36. The Morgan fingerprint density at radius 1 is 1.39 bits per heavy atom. The standard InChI is InChI=1S/C10H14FN3O3S/c1-13-18(16,17)3-2-14-10(15)7-4-8(11)6-9(12)5-7/h4-6,13H,2-3,12H2,1H3,(H,14,15). The molecule has 1 aromatic carbocycles. The number of amides is 1. The average molecular weight is 275 g/mol. The molecular formula is C10H14FN3O3S. The lowest BCUT2D eigenvalue weighted by Crippen LogP contribution is -2.33. The maximum absolute atomic E-state index is 13.0. The van der Waals surface area contributed by atoms with Gasteiger partial charge in [0.1, 0.15) is 5.82 Å². The number of hydrogen-bond acceptors (Lipinski definition) is 4. The SMILES string of the molecule is CNS(=O)(=O)CCNC(=O)c1cc(N)cc(F)c1. The Labute approximate surface area is 104 Å². The Morgan fingerprint density at radius 3 is 2.61 bits per heavy atom. The van der Waals surface area contributed by atoms with Crippen LogP contribution in [-0.2, 0) is 10.0 Å². The lowest BCUT2D eigenvalue weighted by molar-refractivity contribution is 0.0955. The first kappa shape index (κ1) is 14.4. The first-order valence-electron chi connectivity index (χ1n) is 5.09. The van der Waals surface area contributed by atoms with E-state index in [-0.39, 0.29) is 23.5 Å². The summed E-state index contributed by atoms with van der Waals surface area (Å²) in [6.45, 7) is -0.0710. The number of carbonyl (C=O) groups is 1. The van der Waals surface area contributed by atoms with Crippen molar-refractivity contribution in [2.24, 2.45) is 0 Å². The van der Waals surface area contributed by atoms with E-state index in [4.69, 9.17) is 5.73 Å². The van der Waals surface area contributed by atoms with Crippen molar-refractivity contribution in [3.05, 3.63) is 29.6 Å². The van der Waals surface area contributed by atoms with E-state index in [9.17, 15) is 17.6 Å². The number of sulfonamides is 1.